The van der Waals surface area contributed by atoms with Crippen LogP contribution in [0.5, 0.6) is 5.75 Å². The fraction of sp³-hybridized carbons (Fsp3) is 0.759. The van der Waals surface area contributed by atoms with Gasteiger partial charge in [-0.15, -0.1) is 0 Å². The van der Waals surface area contributed by atoms with E-state index in [9.17, 15) is 9.90 Å². The monoisotopic (exact) mass is 518 g/mol. The molecule has 1 aromatic carbocycles. The Labute approximate surface area is 209 Å². The van der Waals surface area contributed by atoms with E-state index in [1.54, 1.807) is 6.92 Å². The summed E-state index contributed by atoms with van der Waals surface area (Å²) in [6.45, 7) is 3.97. The lowest BCUT2D eigenvalue weighted by atomic mass is 9.52. The van der Waals surface area contributed by atoms with Crippen LogP contribution in [0.25, 0.3) is 0 Å². The molecule has 33 heavy (non-hydrogen) atoms. The van der Waals surface area contributed by atoms with Gasteiger partial charge in [-0.1, -0.05) is 67.4 Å². The van der Waals surface area contributed by atoms with E-state index in [4.69, 9.17) is 4.74 Å². The first-order valence-electron chi connectivity index (χ1n) is 13.5. The predicted octanol–water partition coefficient (Wildman–Crippen LogP) is 7.92. The van der Waals surface area contributed by atoms with Crippen LogP contribution in [0, 0.1) is 23.2 Å². The number of aromatic hydroxyl groups is 1. The number of rotatable bonds is 10. The molecule has 2 fully saturated rings. The van der Waals surface area contributed by atoms with Crippen molar-refractivity contribution in [2.45, 2.75) is 109 Å². The number of unbranched alkanes of at least 4 members (excludes halogenated alkanes) is 6. The number of carbonyl (C=O) groups excluding carboxylic acids is 1. The van der Waals surface area contributed by atoms with E-state index < -0.39 is 0 Å². The van der Waals surface area contributed by atoms with E-state index in [1.165, 1.54) is 75.3 Å². The maximum Gasteiger partial charge on any atom is 0.302 e. The van der Waals surface area contributed by atoms with Gasteiger partial charge in [0.1, 0.15) is 11.9 Å². The van der Waals surface area contributed by atoms with Crippen LogP contribution in [-0.4, -0.2) is 22.5 Å². The zero-order chi connectivity index (χ0) is 23.4. The second-order valence-electron chi connectivity index (χ2n) is 11.3. The number of fused-ring (bicyclic) bond motifs is 5. The van der Waals surface area contributed by atoms with E-state index in [1.807, 2.05) is 12.1 Å². The zero-order valence-corrected chi connectivity index (χ0v) is 22.2. The molecule has 184 valence electrons. The van der Waals surface area contributed by atoms with Crippen molar-refractivity contribution < 1.29 is 14.6 Å². The molecule has 0 spiro atoms. The summed E-state index contributed by atoms with van der Waals surface area (Å²) in [6, 6.07) is 6.12. The summed E-state index contributed by atoms with van der Waals surface area (Å²) in [5.74, 6) is 2.88. The SMILES string of the molecule is CC(=O)O[C@H]1CCC2C3C(CCCCCCCCCBr)Cc4cc(O)ccc4C3CC[C@@]21C. The van der Waals surface area contributed by atoms with Crippen LogP contribution in [0.15, 0.2) is 18.2 Å². The van der Waals surface area contributed by atoms with Crippen LogP contribution in [0.2, 0.25) is 0 Å². The summed E-state index contributed by atoms with van der Waals surface area (Å²) in [5.41, 5.74) is 2.99. The van der Waals surface area contributed by atoms with Crippen molar-refractivity contribution in [1.82, 2.24) is 0 Å². The summed E-state index contributed by atoms with van der Waals surface area (Å²) in [6.07, 6.45) is 16.4. The quantitative estimate of drug-likeness (QED) is 0.194. The molecule has 0 heterocycles. The van der Waals surface area contributed by atoms with Gasteiger partial charge >= 0.3 is 5.97 Å². The number of hydrogen-bond acceptors (Lipinski definition) is 3. The lowest BCUT2D eigenvalue weighted by Gasteiger charge is -2.53. The minimum Gasteiger partial charge on any atom is -0.508 e. The van der Waals surface area contributed by atoms with Crippen LogP contribution >= 0.6 is 15.9 Å². The molecule has 0 radical (unpaired) electrons. The summed E-state index contributed by atoms with van der Waals surface area (Å²) in [4.78, 5) is 11.8. The van der Waals surface area contributed by atoms with Gasteiger partial charge < -0.3 is 9.84 Å². The van der Waals surface area contributed by atoms with Crippen molar-refractivity contribution in [2.24, 2.45) is 23.2 Å². The molecule has 2 saturated carbocycles. The van der Waals surface area contributed by atoms with Crippen LogP contribution in [0.3, 0.4) is 0 Å². The second kappa shape index (κ2) is 11.1. The lowest BCUT2D eigenvalue weighted by Crippen LogP contribution is -2.48. The number of phenolic OH excluding ortho intramolecular Hbond substituents is 1. The third-order valence-electron chi connectivity index (χ3n) is 9.31. The van der Waals surface area contributed by atoms with E-state index in [-0.39, 0.29) is 17.5 Å². The molecule has 3 aliphatic rings. The molecule has 0 saturated heterocycles. The minimum absolute atomic E-state index is 0.0855. The first kappa shape index (κ1) is 25.1. The molecule has 0 aromatic heterocycles. The Bertz CT molecular complexity index is 808. The van der Waals surface area contributed by atoms with Gasteiger partial charge in [-0.25, -0.2) is 0 Å². The Morgan fingerprint density at radius 1 is 1.09 bits per heavy atom. The van der Waals surface area contributed by atoms with Gasteiger partial charge in [0.25, 0.3) is 0 Å². The Morgan fingerprint density at radius 3 is 2.55 bits per heavy atom. The maximum absolute atomic E-state index is 11.8. The number of benzene rings is 1. The van der Waals surface area contributed by atoms with Crippen LogP contribution in [-0.2, 0) is 16.0 Å². The topological polar surface area (TPSA) is 46.5 Å². The summed E-state index contributed by atoms with van der Waals surface area (Å²) >= 11 is 3.53. The summed E-state index contributed by atoms with van der Waals surface area (Å²) in [7, 11) is 0. The van der Waals surface area contributed by atoms with E-state index in [0.717, 1.165) is 24.6 Å². The molecule has 4 heteroatoms. The third-order valence-corrected chi connectivity index (χ3v) is 9.88. The Kier molecular flexibility index (Phi) is 8.46. The molecule has 3 aliphatic carbocycles. The molecule has 1 aromatic rings. The molecular formula is C29H43BrO3. The molecular weight excluding hydrogens is 476 g/mol. The van der Waals surface area contributed by atoms with Gasteiger partial charge in [0.05, 0.1) is 0 Å². The van der Waals surface area contributed by atoms with Gasteiger partial charge in [0.15, 0.2) is 0 Å². The molecule has 4 rings (SSSR count). The van der Waals surface area contributed by atoms with Crippen LogP contribution in [0.4, 0.5) is 0 Å². The number of hydrogen-bond donors (Lipinski definition) is 1. The first-order chi connectivity index (χ1) is 15.9. The normalized spacial score (nSPS) is 32.6. The average Bonchev–Trinajstić information content (AvgIpc) is 3.10. The molecule has 3 nitrogen and oxygen atoms in total. The molecule has 0 amide bonds. The number of halogens is 1. The van der Waals surface area contributed by atoms with Crippen molar-refractivity contribution in [2.75, 3.05) is 5.33 Å². The highest BCUT2D eigenvalue weighted by molar-refractivity contribution is 9.09. The molecule has 0 aliphatic heterocycles. The largest absolute Gasteiger partial charge is 0.508 e. The standard InChI is InChI=1S/C29H43BrO3/c1-20(31)33-27-14-13-26-28-21(10-8-6-4-3-5-7-9-17-30)18-22-19-23(32)11-12-24(22)25(28)15-16-29(26,27)2/h11-12,19,21,25-28,32H,3-10,13-18H2,1-2H3/t21?,25?,26?,27-,28?,29-/m0/s1. The smallest absolute Gasteiger partial charge is 0.302 e. The minimum atomic E-state index is -0.124. The third kappa shape index (κ3) is 5.46. The highest BCUT2D eigenvalue weighted by Crippen LogP contribution is 2.63. The molecule has 0 bridgehead atoms. The molecule has 4 unspecified atom stereocenters. The van der Waals surface area contributed by atoms with Gasteiger partial charge in [-0.2, -0.15) is 0 Å². The Morgan fingerprint density at radius 2 is 1.82 bits per heavy atom. The number of alkyl halides is 1. The van der Waals surface area contributed by atoms with Crippen molar-refractivity contribution in [1.29, 1.82) is 0 Å². The summed E-state index contributed by atoms with van der Waals surface area (Å²) in [5, 5.41) is 11.3. The van der Waals surface area contributed by atoms with Gasteiger partial charge in [0.2, 0.25) is 0 Å². The fourth-order valence-electron chi connectivity index (χ4n) is 7.79. The predicted molar refractivity (Wildman–Crippen MR) is 138 cm³/mol. The molecule has 6 atom stereocenters. The second-order valence-corrected chi connectivity index (χ2v) is 12.1. The maximum atomic E-state index is 11.8. The van der Waals surface area contributed by atoms with Crippen molar-refractivity contribution in [3.05, 3.63) is 29.3 Å². The molecule has 1 N–H and O–H groups in total. The highest BCUT2D eigenvalue weighted by atomic mass is 79.9. The van der Waals surface area contributed by atoms with Crippen molar-refractivity contribution in [3.8, 4) is 5.75 Å². The van der Waals surface area contributed by atoms with Gasteiger partial charge in [0, 0.05) is 17.7 Å². The number of esters is 1. The van der Waals surface area contributed by atoms with Gasteiger partial charge in [-0.3, -0.25) is 4.79 Å². The van der Waals surface area contributed by atoms with E-state index in [0.29, 0.717) is 29.4 Å². The Hall–Kier alpha value is -1.03. The van der Waals surface area contributed by atoms with E-state index >= 15 is 0 Å². The summed E-state index contributed by atoms with van der Waals surface area (Å²) < 4.78 is 5.86. The first-order valence-corrected chi connectivity index (χ1v) is 14.6. The van der Waals surface area contributed by atoms with Crippen molar-refractivity contribution in [3.63, 3.8) is 0 Å². The lowest BCUT2D eigenvalue weighted by molar-refractivity contribution is -0.155. The Balaban J connectivity index is 1.46. The zero-order valence-electron chi connectivity index (χ0n) is 20.7. The van der Waals surface area contributed by atoms with Crippen molar-refractivity contribution >= 4 is 21.9 Å². The number of phenols is 1. The average molecular weight is 520 g/mol. The fourth-order valence-corrected chi connectivity index (χ4v) is 8.19. The van der Waals surface area contributed by atoms with Crippen LogP contribution < -0.4 is 0 Å². The van der Waals surface area contributed by atoms with Gasteiger partial charge in [-0.05, 0) is 91.9 Å². The number of carbonyl (C=O) groups is 1. The van der Waals surface area contributed by atoms with Crippen LogP contribution in [0.1, 0.15) is 108 Å². The van der Waals surface area contributed by atoms with E-state index in [2.05, 4.69) is 28.9 Å². The number of ether oxygens (including phenoxy) is 1. The highest BCUT2D eigenvalue weighted by Gasteiger charge is 2.57.